The van der Waals surface area contributed by atoms with Gasteiger partial charge in [-0.2, -0.15) is 0 Å². The van der Waals surface area contributed by atoms with Gasteiger partial charge >= 0.3 is 0 Å². The average molecular weight is 287 g/mol. The fourth-order valence-electron chi connectivity index (χ4n) is 3.18. The van der Waals surface area contributed by atoms with Crippen LogP contribution in [0, 0.1) is 0 Å². The van der Waals surface area contributed by atoms with Gasteiger partial charge in [-0.05, 0) is 26.0 Å². The molecule has 0 radical (unpaired) electrons. The summed E-state index contributed by atoms with van der Waals surface area (Å²) in [5.41, 5.74) is 6.99. The number of piperazine rings is 1. The van der Waals surface area contributed by atoms with Crippen LogP contribution < -0.4 is 5.73 Å². The Kier molecular flexibility index (Phi) is 4.29. The van der Waals surface area contributed by atoms with Gasteiger partial charge in [0.15, 0.2) is 0 Å². The minimum atomic E-state index is 0.187. The van der Waals surface area contributed by atoms with Crippen LogP contribution in [0.5, 0.6) is 0 Å². The molecule has 3 rings (SSSR count). The largest absolute Gasteiger partial charge is 0.459 e. The lowest BCUT2D eigenvalue weighted by atomic mass is 10.1. The van der Waals surface area contributed by atoms with E-state index in [2.05, 4.69) is 35.8 Å². The van der Waals surface area contributed by atoms with Crippen LogP contribution in [0.1, 0.15) is 25.6 Å². The molecule has 1 atom stereocenters. The zero-order chi connectivity index (χ0) is 14.8. The molecule has 1 aromatic heterocycles. The number of furan rings is 1. The van der Waals surface area contributed by atoms with E-state index in [1.807, 2.05) is 18.2 Å². The van der Waals surface area contributed by atoms with Crippen molar-refractivity contribution in [2.75, 3.05) is 32.7 Å². The van der Waals surface area contributed by atoms with Crippen LogP contribution in [0.3, 0.4) is 0 Å². The summed E-state index contributed by atoms with van der Waals surface area (Å²) in [6.07, 6.45) is 0. The molecule has 0 saturated carbocycles. The summed E-state index contributed by atoms with van der Waals surface area (Å²) in [5, 5.41) is 1.16. The summed E-state index contributed by atoms with van der Waals surface area (Å²) in [6, 6.07) is 11.1. The summed E-state index contributed by atoms with van der Waals surface area (Å²) in [5.74, 6) is 0.997. The summed E-state index contributed by atoms with van der Waals surface area (Å²) >= 11 is 0. The highest BCUT2D eigenvalue weighted by Crippen LogP contribution is 2.27. The number of nitrogens with two attached hydrogens (primary N) is 1. The number of fused-ring (bicyclic) bond motifs is 1. The lowest BCUT2D eigenvalue weighted by Crippen LogP contribution is -2.50. The highest BCUT2D eigenvalue weighted by atomic mass is 16.3. The monoisotopic (exact) mass is 287 g/mol. The molecule has 0 spiro atoms. The Morgan fingerprint density at radius 3 is 2.38 bits per heavy atom. The Labute approximate surface area is 126 Å². The molecule has 0 amide bonds. The molecule has 2 heterocycles. The topological polar surface area (TPSA) is 45.6 Å². The van der Waals surface area contributed by atoms with Crippen molar-refractivity contribution in [1.82, 2.24) is 9.80 Å². The Hall–Kier alpha value is -1.36. The first-order chi connectivity index (χ1) is 10.2. The van der Waals surface area contributed by atoms with E-state index in [-0.39, 0.29) is 6.04 Å². The van der Waals surface area contributed by atoms with Gasteiger partial charge < -0.3 is 10.2 Å². The second-order valence-electron chi connectivity index (χ2n) is 6.10. The molecule has 2 aromatic rings. The lowest BCUT2D eigenvalue weighted by molar-refractivity contribution is 0.0736. The zero-order valence-corrected chi connectivity index (χ0v) is 13.0. The van der Waals surface area contributed by atoms with E-state index in [1.165, 1.54) is 0 Å². The Bertz CT molecular complexity index is 551. The Morgan fingerprint density at radius 1 is 1.10 bits per heavy atom. The molecule has 1 unspecified atom stereocenters. The normalized spacial score (nSPS) is 19.4. The molecule has 4 nitrogen and oxygen atoms in total. The molecule has 0 aliphatic carbocycles. The van der Waals surface area contributed by atoms with E-state index in [4.69, 9.17) is 10.2 Å². The van der Waals surface area contributed by atoms with Crippen molar-refractivity contribution in [1.29, 1.82) is 0 Å². The molecular weight excluding hydrogens is 262 g/mol. The van der Waals surface area contributed by atoms with Crippen molar-refractivity contribution in [3.8, 4) is 0 Å². The maximum Gasteiger partial charge on any atom is 0.134 e. The summed E-state index contributed by atoms with van der Waals surface area (Å²) in [6.45, 7) is 9.43. The van der Waals surface area contributed by atoms with E-state index in [0.29, 0.717) is 12.6 Å². The predicted octanol–water partition coefficient (Wildman–Crippen LogP) is 2.46. The van der Waals surface area contributed by atoms with Crippen molar-refractivity contribution in [2.45, 2.75) is 25.9 Å². The summed E-state index contributed by atoms with van der Waals surface area (Å²) < 4.78 is 6.01. The van der Waals surface area contributed by atoms with E-state index in [1.54, 1.807) is 0 Å². The molecule has 114 valence electrons. The van der Waals surface area contributed by atoms with Crippen LogP contribution in [0.25, 0.3) is 11.0 Å². The van der Waals surface area contributed by atoms with E-state index < -0.39 is 0 Å². The third-order valence-corrected chi connectivity index (χ3v) is 4.52. The molecule has 21 heavy (non-hydrogen) atoms. The first-order valence-corrected chi connectivity index (χ1v) is 7.85. The van der Waals surface area contributed by atoms with Crippen LogP contribution in [0.2, 0.25) is 0 Å². The minimum absolute atomic E-state index is 0.187. The number of para-hydroxylation sites is 1. The van der Waals surface area contributed by atoms with Gasteiger partial charge in [0.2, 0.25) is 0 Å². The SMILES string of the molecule is CC(C)N1CCN(C(CN)c2cc3ccccc3o2)CC1. The number of hydrogen-bond donors (Lipinski definition) is 1. The van der Waals surface area contributed by atoms with Crippen molar-refractivity contribution in [2.24, 2.45) is 5.73 Å². The molecule has 1 aliphatic heterocycles. The van der Waals surface area contributed by atoms with Gasteiger partial charge in [0, 0.05) is 44.2 Å². The van der Waals surface area contributed by atoms with E-state index in [9.17, 15) is 0 Å². The molecule has 1 aromatic carbocycles. The maximum atomic E-state index is 6.04. The Balaban J connectivity index is 1.76. The number of nitrogens with zero attached hydrogens (tertiary/aromatic N) is 2. The van der Waals surface area contributed by atoms with Gasteiger partial charge in [0.1, 0.15) is 11.3 Å². The predicted molar refractivity (Wildman–Crippen MR) is 86.3 cm³/mol. The van der Waals surface area contributed by atoms with Crippen molar-refractivity contribution < 1.29 is 4.42 Å². The van der Waals surface area contributed by atoms with Crippen molar-refractivity contribution >= 4 is 11.0 Å². The average Bonchev–Trinajstić information content (AvgIpc) is 2.92. The smallest absolute Gasteiger partial charge is 0.134 e. The third-order valence-electron chi connectivity index (χ3n) is 4.52. The van der Waals surface area contributed by atoms with Gasteiger partial charge in [0.05, 0.1) is 6.04 Å². The van der Waals surface area contributed by atoms with Gasteiger partial charge in [-0.25, -0.2) is 0 Å². The molecule has 1 saturated heterocycles. The van der Waals surface area contributed by atoms with Crippen LogP contribution in [0.4, 0.5) is 0 Å². The summed E-state index contributed by atoms with van der Waals surface area (Å²) in [4.78, 5) is 4.97. The molecular formula is C17H25N3O. The second-order valence-corrected chi connectivity index (χ2v) is 6.10. The van der Waals surface area contributed by atoms with E-state index >= 15 is 0 Å². The minimum Gasteiger partial charge on any atom is -0.459 e. The van der Waals surface area contributed by atoms with Crippen LogP contribution >= 0.6 is 0 Å². The van der Waals surface area contributed by atoms with Crippen LogP contribution in [0.15, 0.2) is 34.7 Å². The highest BCUT2D eigenvalue weighted by Gasteiger charge is 2.27. The maximum absolute atomic E-state index is 6.04. The zero-order valence-electron chi connectivity index (χ0n) is 13.0. The van der Waals surface area contributed by atoms with Gasteiger partial charge in [-0.15, -0.1) is 0 Å². The quantitative estimate of drug-likeness (QED) is 0.938. The Morgan fingerprint density at radius 2 is 1.76 bits per heavy atom. The highest BCUT2D eigenvalue weighted by molar-refractivity contribution is 5.77. The number of rotatable bonds is 4. The second kappa shape index (κ2) is 6.18. The van der Waals surface area contributed by atoms with Crippen molar-refractivity contribution in [3.05, 3.63) is 36.1 Å². The van der Waals surface area contributed by atoms with Gasteiger partial charge in [-0.3, -0.25) is 9.80 Å². The first kappa shape index (κ1) is 14.6. The molecule has 1 fully saturated rings. The van der Waals surface area contributed by atoms with Gasteiger partial charge in [0.25, 0.3) is 0 Å². The third kappa shape index (κ3) is 2.98. The van der Waals surface area contributed by atoms with Crippen LogP contribution in [-0.4, -0.2) is 48.6 Å². The molecule has 1 aliphatic rings. The number of benzene rings is 1. The fourth-order valence-corrected chi connectivity index (χ4v) is 3.18. The van der Waals surface area contributed by atoms with E-state index in [0.717, 1.165) is 42.9 Å². The van der Waals surface area contributed by atoms with Gasteiger partial charge in [-0.1, -0.05) is 18.2 Å². The molecule has 2 N–H and O–H groups in total. The first-order valence-electron chi connectivity index (χ1n) is 7.85. The van der Waals surface area contributed by atoms with Crippen LogP contribution in [-0.2, 0) is 0 Å². The molecule has 4 heteroatoms. The summed E-state index contributed by atoms with van der Waals surface area (Å²) in [7, 11) is 0. The standard InChI is InChI=1S/C17H25N3O/c1-13(2)19-7-9-20(10-8-19)15(12-18)17-11-14-5-3-4-6-16(14)21-17/h3-6,11,13,15H,7-10,12,18H2,1-2H3. The number of hydrogen-bond acceptors (Lipinski definition) is 4. The lowest BCUT2D eigenvalue weighted by Gasteiger charge is -2.39. The van der Waals surface area contributed by atoms with Crippen molar-refractivity contribution in [3.63, 3.8) is 0 Å². The fraction of sp³-hybridized carbons (Fsp3) is 0.529. The molecule has 0 bridgehead atoms.